The number of rotatable bonds is 4. The highest BCUT2D eigenvalue weighted by molar-refractivity contribution is 5.29. The lowest BCUT2D eigenvalue weighted by Crippen LogP contribution is -2.27. The van der Waals surface area contributed by atoms with E-state index in [0.29, 0.717) is 11.8 Å². The summed E-state index contributed by atoms with van der Waals surface area (Å²) >= 11 is 0. The van der Waals surface area contributed by atoms with Crippen molar-refractivity contribution in [2.75, 3.05) is 13.7 Å². The Morgan fingerprint density at radius 3 is 2.88 bits per heavy atom. The molecule has 0 amide bonds. The predicted octanol–water partition coefficient (Wildman–Crippen LogP) is 2.14. The molecular weight excluding hydrogens is 214 g/mol. The minimum atomic E-state index is 0.520. The molecule has 17 heavy (non-hydrogen) atoms. The highest BCUT2D eigenvalue weighted by atomic mass is 16.5. The van der Waals surface area contributed by atoms with E-state index >= 15 is 0 Å². The van der Waals surface area contributed by atoms with Crippen molar-refractivity contribution in [2.45, 2.75) is 45.1 Å². The molecule has 0 aromatic carbocycles. The first kappa shape index (κ1) is 12.4. The third-order valence-corrected chi connectivity index (χ3v) is 3.93. The standard InChI is InChI=1S/C13H23N3O/c1-3-16-13(12(17-2)9-15-16)11-7-5-4-6-10(11)8-14/h9-11H,3-8,14H2,1-2H3. The maximum absolute atomic E-state index is 5.91. The van der Waals surface area contributed by atoms with Gasteiger partial charge >= 0.3 is 0 Å². The van der Waals surface area contributed by atoms with Crippen LogP contribution < -0.4 is 10.5 Å². The van der Waals surface area contributed by atoms with Gasteiger partial charge in [0.05, 0.1) is 19.0 Å². The first-order valence-corrected chi connectivity index (χ1v) is 6.61. The second-order valence-electron chi connectivity index (χ2n) is 4.80. The summed E-state index contributed by atoms with van der Waals surface area (Å²) in [5.41, 5.74) is 7.17. The van der Waals surface area contributed by atoms with Crippen LogP contribution in [0.2, 0.25) is 0 Å². The summed E-state index contributed by atoms with van der Waals surface area (Å²) in [6, 6.07) is 0. The van der Waals surface area contributed by atoms with Crippen LogP contribution in [-0.4, -0.2) is 23.4 Å². The Bertz CT molecular complexity index is 340. The second-order valence-corrected chi connectivity index (χ2v) is 4.80. The number of ether oxygens (including phenoxy) is 1. The summed E-state index contributed by atoms with van der Waals surface area (Å²) in [5.74, 6) is 2.03. The van der Waals surface area contributed by atoms with Crippen LogP contribution in [0.4, 0.5) is 0 Å². The van der Waals surface area contributed by atoms with E-state index in [1.54, 1.807) is 7.11 Å². The molecule has 1 fully saturated rings. The summed E-state index contributed by atoms with van der Waals surface area (Å²) in [6.07, 6.45) is 6.88. The molecule has 2 atom stereocenters. The first-order chi connectivity index (χ1) is 8.31. The van der Waals surface area contributed by atoms with Crippen LogP contribution in [0.5, 0.6) is 5.75 Å². The summed E-state index contributed by atoms with van der Waals surface area (Å²) in [6.45, 7) is 3.78. The van der Waals surface area contributed by atoms with Crippen LogP contribution >= 0.6 is 0 Å². The van der Waals surface area contributed by atoms with Gasteiger partial charge in [0.1, 0.15) is 0 Å². The van der Waals surface area contributed by atoms with Crippen molar-refractivity contribution in [3.8, 4) is 5.75 Å². The number of aromatic nitrogens is 2. The lowest BCUT2D eigenvalue weighted by molar-refractivity contribution is 0.291. The molecule has 0 bridgehead atoms. The van der Waals surface area contributed by atoms with Crippen LogP contribution in [0.1, 0.15) is 44.2 Å². The average Bonchev–Trinajstić information content (AvgIpc) is 2.81. The number of hydrogen-bond donors (Lipinski definition) is 1. The molecule has 2 rings (SSSR count). The maximum Gasteiger partial charge on any atom is 0.160 e. The van der Waals surface area contributed by atoms with Gasteiger partial charge in [-0.25, -0.2) is 0 Å². The Kier molecular flexibility index (Phi) is 4.05. The molecule has 96 valence electrons. The summed E-state index contributed by atoms with van der Waals surface area (Å²) in [7, 11) is 1.72. The Labute approximate surface area is 103 Å². The van der Waals surface area contributed by atoms with E-state index in [9.17, 15) is 0 Å². The molecule has 1 aliphatic rings. The van der Waals surface area contributed by atoms with E-state index in [2.05, 4.69) is 16.7 Å². The van der Waals surface area contributed by atoms with Gasteiger partial charge < -0.3 is 10.5 Å². The Balaban J connectivity index is 2.32. The lowest BCUT2D eigenvalue weighted by atomic mass is 9.77. The zero-order valence-corrected chi connectivity index (χ0v) is 10.9. The van der Waals surface area contributed by atoms with Crippen LogP contribution in [0.15, 0.2) is 6.20 Å². The van der Waals surface area contributed by atoms with Crippen molar-refractivity contribution in [1.29, 1.82) is 0 Å². The van der Waals surface area contributed by atoms with Crippen molar-refractivity contribution in [3.05, 3.63) is 11.9 Å². The summed E-state index contributed by atoms with van der Waals surface area (Å²) < 4.78 is 7.52. The molecule has 2 unspecified atom stereocenters. The number of nitrogens with zero attached hydrogens (tertiary/aromatic N) is 2. The smallest absolute Gasteiger partial charge is 0.160 e. The third-order valence-electron chi connectivity index (χ3n) is 3.93. The SMILES string of the molecule is CCn1ncc(OC)c1C1CCCCC1CN. The quantitative estimate of drug-likeness (QED) is 0.873. The number of aryl methyl sites for hydroxylation is 1. The van der Waals surface area contributed by atoms with Gasteiger partial charge in [0, 0.05) is 12.5 Å². The topological polar surface area (TPSA) is 53.1 Å². The molecule has 0 aliphatic heterocycles. The molecular formula is C13H23N3O. The Morgan fingerprint density at radius 1 is 1.47 bits per heavy atom. The van der Waals surface area contributed by atoms with Crippen LogP contribution in [0.3, 0.4) is 0 Å². The zero-order chi connectivity index (χ0) is 12.3. The van der Waals surface area contributed by atoms with E-state index < -0.39 is 0 Å². The van der Waals surface area contributed by atoms with Crippen molar-refractivity contribution in [2.24, 2.45) is 11.7 Å². The molecule has 4 nitrogen and oxygen atoms in total. The van der Waals surface area contributed by atoms with Crippen LogP contribution in [0.25, 0.3) is 0 Å². The molecule has 0 radical (unpaired) electrons. The fourth-order valence-corrected chi connectivity index (χ4v) is 3.01. The molecule has 1 heterocycles. The monoisotopic (exact) mass is 237 g/mol. The molecule has 1 aliphatic carbocycles. The van der Waals surface area contributed by atoms with Gasteiger partial charge in [0.25, 0.3) is 0 Å². The predicted molar refractivity (Wildman–Crippen MR) is 68.2 cm³/mol. The largest absolute Gasteiger partial charge is 0.493 e. The molecule has 2 N–H and O–H groups in total. The second kappa shape index (κ2) is 5.54. The fraction of sp³-hybridized carbons (Fsp3) is 0.769. The van der Waals surface area contributed by atoms with Gasteiger partial charge in [-0.2, -0.15) is 5.10 Å². The van der Waals surface area contributed by atoms with Gasteiger partial charge in [-0.3, -0.25) is 4.68 Å². The molecule has 1 aromatic heterocycles. The first-order valence-electron chi connectivity index (χ1n) is 6.61. The summed E-state index contributed by atoms with van der Waals surface area (Å²) in [5, 5.41) is 4.40. The number of nitrogens with two attached hydrogens (primary N) is 1. The van der Waals surface area contributed by atoms with Crippen molar-refractivity contribution < 1.29 is 4.74 Å². The molecule has 0 saturated heterocycles. The fourth-order valence-electron chi connectivity index (χ4n) is 3.01. The number of hydrogen-bond acceptors (Lipinski definition) is 3. The van der Waals surface area contributed by atoms with Gasteiger partial charge in [-0.1, -0.05) is 12.8 Å². The molecule has 4 heteroatoms. The van der Waals surface area contributed by atoms with Crippen LogP contribution in [-0.2, 0) is 6.54 Å². The van der Waals surface area contributed by atoms with Gasteiger partial charge in [0.15, 0.2) is 5.75 Å². The molecule has 0 spiro atoms. The zero-order valence-electron chi connectivity index (χ0n) is 10.9. The average molecular weight is 237 g/mol. The summed E-state index contributed by atoms with van der Waals surface area (Å²) in [4.78, 5) is 0. The van der Waals surface area contributed by atoms with Gasteiger partial charge in [-0.05, 0) is 32.2 Å². The minimum absolute atomic E-state index is 0.520. The lowest BCUT2D eigenvalue weighted by Gasteiger charge is -2.31. The van der Waals surface area contributed by atoms with Gasteiger partial charge in [-0.15, -0.1) is 0 Å². The normalized spacial score (nSPS) is 24.9. The minimum Gasteiger partial charge on any atom is -0.493 e. The van der Waals surface area contributed by atoms with E-state index in [-0.39, 0.29) is 0 Å². The van der Waals surface area contributed by atoms with Crippen molar-refractivity contribution >= 4 is 0 Å². The van der Waals surface area contributed by atoms with E-state index in [1.807, 2.05) is 6.20 Å². The van der Waals surface area contributed by atoms with Crippen molar-refractivity contribution in [3.63, 3.8) is 0 Å². The Hall–Kier alpha value is -1.03. The van der Waals surface area contributed by atoms with E-state index in [4.69, 9.17) is 10.5 Å². The Morgan fingerprint density at radius 2 is 2.24 bits per heavy atom. The van der Waals surface area contributed by atoms with E-state index in [0.717, 1.165) is 18.8 Å². The molecule has 1 saturated carbocycles. The third kappa shape index (κ3) is 2.32. The number of methoxy groups -OCH3 is 1. The highest BCUT2D eigenvalue weighted by Crippen LogP contribution is 2.40. The maximum atomic E-state index is 5.91. The van der Waals surface area contributed by atoms with Crippen LogP contribution in [0, 0.1) is 5.92 Å². The highest BCUT2D eigenvalue weighted by Gasteiger charge is 2.30. The van der Waals surface area contributed by atoms with Gasteiger partial charge in [0.2, 0.25) is 0 Å². The van der Waals surface area contributed by atoms with Crippen molar-refractivity contribution in [1.82, 2.24) is 9.78 Å². The van der Waals surface area contributed by atoms with E-state index in [1.165, 1.54) is 31.4 Å². The molecule has 1 aromatic rings.